The number of amides is 3. The number of hydrogen-bond donors (Lipinski definition) is 1. The van der Waals surface area contributed by atoms with Crippen molar-refractivity contribution in [3.8, 4) is 0 Å². The fraction of sp³-hybridized carbons (Fsp3) is 0.438. The highest BCUT2D eigenvalue weighted by Gasteiger charge is 2.36. The van der Waals surface area contributed by atoms with Gasteiger partial charge in [-0.3, -0.25) is 4.79 Å². The summed E-state index contributed by atoms with van der Waals surface area (Å²) in [7, 11) is 3.27. The summed E-state index contributed by atoms with van der Waals surface area (Å²) >= 11 is 1.46. The van der Waals surface area contributed by atoms with E-state index < -0.39 is 6.17 Å². The highest BCUT2D eigenvalue weighted by atomic mass is 32.1. The van der Waals surface area contributed by atoms with Crippen molar-refractivity contribution in [2.24, 2.45) is 0 Å². The minimum atomic E-state index is -1.07. The molecule has 0 radical (unpaired) electrons. The van der Waals surface area contributed by atoms with E-state index in [9.17, 15) is 14.0 Å². The average Bonchev–Trinajstić information content (AvgIpc) is 3.17. The van der Waals surface area contributed by atoms with Crippen molar-refractivity contribution in [3.05, 3.63) is 29.3 Å². The molecule has 24 heavy (non-hydrogen) atoms. The quantitative estimate of drug-likeness (QED) is 0.922. The van der Waals surface area contributed by atoms with E-state index in [2.05, 4.69) is 10.3 Å². The van der Waals surface area contributed by atoms with E-state index in [4.69, 9.17) is 0 Å². The third-order valence-electron chi connectivity index (χ3n) is 4.10. The standard InChI is InChI=1S/C16H19FN4O2S/c1-20(2)16(23)18-7-12-6-11(17)8-21(12)15(22)10-3-4-13-14(5-10)24-9-19-13/h3-5,9,11-12H,6-8H2,1-2H3,(H,18,23)/t11-,12-/m0/s1. The molecule has 1 fully saturated rings. The Morgan fingerprint density at radius 1 is 1.46 bits per heavy atom. The molecule has 6 nitrogen and oxygen atoms in total. The molecule has 1 aliphatic rings. The molecule has 3 amide bonds. The second-order valence-corrected chi connectivity index (χ2v) is 6.95. The molecule has 0 unspecified atom stereocenters. The van der Waals surface area contributed by atoms with E-state index >= 15 is 0 Å². The number of alkyl halides is 1. The number of halogens is 1. The Morgan fingerprint density at radius 2 is 2.25 bits per heavy atom. The van der Waals surface area contributed by atoms with Crippen LogP contribution in [0.4, 0.5) is 9.18 Å². The minimum absolute atomic E-state index is 0.0576. The molecule has 2 heterocycles. The lowest BCUT2D eigenvalue weighted by Gasteiger charge is -2.25. The van der Waals surface area contributed by atoms with Gasteiger partial charge in [-0.15, -0.1) is 11.3 Å². The number of rotatable bonds is 3. The molecule has 1 aromatic heterocycles. The minimum Gasteiger partial charge on any atom is -0.336 e. The van der Waals surface area contributed by atoms with Crippen molar-refractivity contribution in [2.75, 3.05) is 27.2 Å². The molecule has 1 aliphatic heterocycles. The van der Waals surface area contributed by atoms with Gasteiger partial charge in [-0.2, -0.15) is 0 Å². The van der Waals surface area contributed by atoms with Crippen LogP contribution in [0.25, 0.3) is 10.2 Å². The van der Waals surface area contributed by atoms with Crippen LogP contribution < -0.4 is 5.32 Å². The molecule has 0 saturated carbocycles. The Bertz CT molecular complexity index is 763. The number of urea groups is 1. The van der Waals surface area contributed by atoms with Crippen molar-refractivity contribution in [1.29, 1.82) is 0 Å². The second kappa shape index (κ2) is 6.72. The lowest BCUT2D eigenvalue weighted by Crippen LogP contribution is -2.45. The third-order valence-corrected chi connectivity index (χ3v) is 4.89. The molecular formula is C16H19FN4O2S. The van der Waals surface area contributed by atoms with E-state index in [1.54, 1.807) is 37.8 Å². The van der Waals surface area contributed by atoms with Gasteiger partial charge < -0.3 is 15.1 Å². The maximum atomic E-state index is 13.9. The number of carbonyl (C=O) groups excluding carboxylic acids is 2. The maximum Gasteiger partial charge on any atom is 0.316 e. The van der Waals surface area contributed by atoms with Crippen LogP contribution >= 0.6 is 11.3 Å². The number of nitrogens with zero attached hydrogens (tertiary/aromatic N) is 3. The van der Waals surface area contributed by atoms with E-state index in [1.165, 1.54) is 21.1 Å². The van der Waals surface area contributed by atoms with E-state index in [1.807, 2.05) is 0 Å². The van der Waals surface area contributed by atoms with Crippen molar-refractivity contribution >= 4 is 33.5 Å². The summed E-state index contributed by atoms with van der Waals surface area (Å²) < 4.78 is 14.8. The number of fused-ring (bicyclic) bond motifs is 1. The van der Waals surface area contributed by atoms with Gasteiger partial charge in [-0.05, 0) is 18.2 Å². The Kier molecular flexibility index (Phi) is 4.66. The first kappa shape index (κ1) is 16.6. The molecule has 2 aromatic rings. The summed E-state index contributed by atoms with van der Waals surface area (Å²) in [6, 6.07) is 4.71. The molecule has 1 saturated heterocycles. The van der Waals surface area contributed by atoms with Crippen molar-refractivity contribution in [3.63, 3.8) is 0 Å². The Labute approximate surface area is 143 Å². The largest absolute Gasteiger partial charge is 0.336 e. The highest BCUT2D eigenvalue weighted by Crippen LogP contribution is 2.25. The molecule has 0 aliphatic carbocycles. The Hall–Kier alpha value is -2.22. The number of aromatic nitrogens is 1. The lowest BCUT2D eigenvalue weighted by atomic mass is 10.1. The number of benzene rings is 1. The molecular weight excluding hydrogens is 331 g/mol. The van der Waals surface area contributed by atoms with Crippen LogP contribution in [0.2, 0.25) is 0 Å². The molecule has 8 heteroatoms. The Balaban J connectivity index is 1.74. The van der Waals surface area contributed by atoms with Crippen molar-refractivity contribution in [2.45, 2.75) is 18.6 Å². The van der Waals surface area contributed by atoms with Gasteiger partial charge in [0.1, 0.15) is 6.17 Å². The molecule has 0 spiro atoms. The van der Waals surface area contributed by atoms with Crippen molar-refractivity contribution < 1.29 is 14.0 Å². The molecule has 128 valence electrons. The number of carbonyl (C=O) groups is 2. The van der Waals surface area contributed by atoms with E-state index in [0.29, 0.717) is 5.56 Å². The van der Waals surface area contributed by atoms with E-state index in [-0.39, 0.29) is 37.5 Å². The number of likely N-dealkylation sites (tertiary alicyclic amines) is 1. The maximum absolute atomic E-state index is 13.9. The monoisotopic (exact) mass is 350 g/mol. The van der Waals surface area contributed by atoms with Gasteiger partial charge >= 0.3 is 6.03 Å². The fourth-order valence-corrected chi connectivity index (χ4v) is 3.54. The van der Waals surface area contributed by atoms with Gasteiger partial charge in [0.15, 0.2) is 0 Å². The summed E-state index contributed by atoms with van der Waals surface area (Å²) in [6.45, 7) is 0.300. The van der Waals surface area contributed by atoms with Gasteiger partial charge in [0.25, 0.3) is 5.91 Å². The van der Waals surface area contributed by atoms with Crippen molar-refractivity contribution in [1.82, 2.24) is 20.1 Å². The molecule has 3 rings (SSSR count). The summed E-state index contributed by atoms with van der Waals surface area (Å²) in [4.78, 5) is 31.5. The van der Waals surface area contributed by atoms with Crippen LogP contribution in [0.1, 0.15) is 16.8 Å². The SMILES string of the molecule is CN(C)C(=O)NC[C@@H]1C[C@H](F)CN1C(=O)c1ccc2ncsc2c1. The smallest absolute Gasteiger partial charge is 0.316 e. The summed E-state index contributed by atoms with van der Waals surface area (Å²) in [5, 5.41) is 2.72. The fourth-order valence-electron chi connectivity index (χ4n) is 2.82. The van der Waals surface area contributed by atoms with Crippen LogP contribution in [0.15, 0.2) is 23.7 Å². The first-order chi connectivity index (χ1) is 11.5. The predicted octanol–water partition coefficient (Wildman–Crippen LogP) is 2.12. The molecule has 1 N–H and O–H groups in total. The summed E-state index contributed by atoms with van der Waals surface area (Å²) in [5.74, 6) is -0.213. The predicted molar refractivity (Wildman–Crippen MR) is 91.0 cm³/mol. The van der Waals surface area contributed by atoms with Gasteiger partial charge in [-0.25, -0.2) is 14.2 Å². The normalized spacial score (nSPS) is 20.4. The first-order valence-electron chi connectivity index (χ1n) is 7.69. The Morgan fingerprint density at radius 3 is 3.00 bits per heavy atom. The molecule has 2 atom stereocenters. The lowest BCUT2D eigenvalue weighted by molar-refractivity contribution is 0.0728. The van der Waals surface area contributed by atoms with Crippen LogP contribution in [-0.2, 0) is 0 Å². The third kappa shape index (κ3) is 3.33. The molecule has 0 bridgehead atoms. The highest BCUT2D eigenvalue weighted by molar-refractivity contribution is 7.16. The van der Waals surface area contributed by atoms with Gasteiger partial charge in [0.2, 0.25) is 0 Å². The second-order valence-electron chi connectivity index (χ2n) is 6.06. The van der Waals surface area contributed by atoms with Gasteiger partial charge in [0.05, 0.1) is 28.3 Å². The molecule has 1 aromatic carbocycles. The zero-order valence-electron chi connectivity index (χ0n) is 13.5. The summed E-state index contributed by atoms with van der Waals surface area (Å²) in [6.07, 6.45) is -0.829. The average molecular weight is 350 g/mol. The number of hydrogen-bond acceptors (Lipinski definition) is 4. The zero-order chi connectivity index (χ0) is 17.3. The van der Waals surface area contributed by atoms with Crippen LogP contribution in [-0.4, -0.2) is 66.1 Å². The number of thiazole rings is 1. The first-order valence-corrected chi connectivity index (χ1v) is 8.57. The van der Waals surface area contributed by atoms with E-state index in [0.717, 1.165) is 10.2 Å². The zero-order valence-corrected chi connectivity index (χ0v) is 14.3. The van der Waals surface area contributed by atoms with Crippen LogP contribution in [0, 0.1) is 0 Å². The van der Waals surface area contributed by atoms with Crippen LogP contribution in [0.5, 0.6) is 0 Å². The summed E-state index contributed by atoms with van der Waals surface area (Å²) in [5.41, 5.74) is 3.09. The van der Waals surface area contributed by atoms with Gasteiger partial charge in [0, 0.05) is 32.6 Å². The topological polar surface area (TPSA) is 65.5 Å². The van der Waals surface area contributed by atoms with Crippen LogP contribution in [0.3, 0.4) is 0 Å². The van der Waals surface area contributed by atoms with Gasteiger partial charge in [-0.1, -0.05) is 0 Å². The number of nitrogens with one attached hydrogen (secondary N) is 1.